The molecule has 1 fully saturated rings. The molecule has 0 bridgehead atoms. The summed E-state index contributed by atoms with van der Waals surface area (Å²) >= 11 is 1.45. The lowest BCUT2D eigenvalue weighted by Crippen LogP contribution is -2.31. The Morgan fingerprint density at radius 1 is 0.771 bits per heavy atom. The fraction of sp³-hybridized carbons (Fsp3) is 0.289. The highest BCUT2D eigenvalue weighted by molar-refractivity contribution is 7.99. The number of carboxylic acids is 2. The van der Waals surface area contributed by atoms with Crippen LogP contribution < -0.4 is 5.32 Å². The standard InChI is InChI=1S/C38H39NO8S/c40-23-25-12-14-28(15-13-25)33-21-31(24-48-34-9-2-1-8-32(34)37(44)45)46-38(47-33)29-18-16-27(17-19-29)30-7-5-6-26(20-30)22-39-35(41)10-3-4-11-36(42)43/h1-2,5-9,12-20,31,33,38,40H,3-4,10-11,21-24H2,(H,39,41)(H,42,43)(H,44,45)/t31-,33+,38+/m0/s1. The molecule has 1 heterocycles. The van der Waals surface area contributed by atoms with Gasteiger partial charge in [-0.05, 0) is 58.9 Å². The van der Waals surface area contributed by atoms with Crippen LogP contribution in [-0.2, 0) is 32.2 Å². The van der Waals surface area contributed by atoms with E-state index >= 15 is 0 Å². The van der Waals surface area contributed by atoms with Gasteiger partial charge in [0.15, 0.2) is 6.29 Å². The predicted octanol–water partition coefficient (Wildman–Crippen LogP) is 7.14. The Labute approximate surface area is 283 Å². The van der Waals surface area contributed by atoms with Gasteiger partial charge in [0.1, 0.15) is 0 Å². The van der Waals surface area contributed by atoms with Gasteiger partial charge in [0, 0.05) is 42.0 Å². The van der Waals surface area contributed by atoms with Gasteiger partial charge in [-0.25, -0.2) is 4.79 Å². The molecule has 5 rings (SSSR count). The monoisotopic (exact) mass is 669 g/mol. The zero-order chi connectivity index (χ0) is 33.9. The van der Waals surface area contributed by atoms with Gasteiger partial charge in [-0.2, -0.15) is 0 Å². The van der Waals surface area contributed by atoms with Crippen LogP contribution in [0.2, 0.25) is 0 Å². The topological polar surface area (TPSA) is 142 Å². The van der Waals surface area contributed by atoms with Gasteiger partial charge in [0.05, 0.1) is 24.4 Å². The van der Waals surface area contributed by atoms with Crippen molar-refractivity contribution in [2.24, 2.45) is 0 Å². The van der Waals surface area contributed by atoms with E-state index in [9.17, 15) is 24.6 Å². The van der Waals surface area contributed by atoms with Gasteiger partial charge < -0.3 is 30.1 Å². The van der Waals surface area contributed by atoms with E-state index in [-0.39, 0.29) is 36.7 Å². The summed E-state index contributed by atoms with van der Waals surface area (Å²) in [5.74, 6) is -1.38. The van der Waals surface area contributed by atoms with Crippen LogP contribution >= 0.6 is 11.8 Å². The van der Waals surface area contributed by atoms with E-state index in [1.807, 2.05) is 84.9 Å². The van der Waals surface area contributed by atoms with Crippen LogP contribution in [0.3, 0.4) is 0 Å². The maximum atomic E-state index is 12.2. The smallest absolute Gasteiger partial charge is 0.336 e. The number of hydrogen-bond donors (Lipinski definition) is 4. The highest BCUT2D eigenvalue weighted by atomic mass is 32.2. The van der Waals surface area contributed by atoms with E-state index in [1.54, 1.807) is 12.1 Å². The van der Waals surface area contributed by atoms with Gasteiger partial charge in [-0.3, -0.25) is 9.59 Å². The van der Waals surface area contributed by atoms with E-state index in [0.717, 1.165) is 33.4 Å². The summed E-state index contributed by atoms with van der Waals surface area (Å²) in [7, 11) is 0. The quantitative estimate of drug-likeness (QED) is 0.0767. The van der Waals surface area contributed by atoms with Crippen LogP contribution in [0.4, 0.5) is 0 Å². The van der Waals surface area contributed by atoms with Gasteiger partial charge in [0.25, 0.3) is 0 Å². The zero-order valence-electron chi connectivity index (χ0n) is 26.4. The third kappa shape index (κ3) is 9.77. The first-order chi connectivity index (χ1) is 23.3. The lowest BCUT2D eigenvalue weighted by atomic mass is 9.99. The highest BCUT2D eigenvalue weighted by Gasteiger charge is 2.32. The number of aliphatic hydroxyl groups excluding tert-OH is 1. The third-order valence-corrected chi connectivity index (χ3v) is 9.34. The number of ether oxygens (including phenoxy) is 2. The van der Waals surface area contributed by atoms with Gasteiger partial charge >= 0.3 is 11.9 Å². The minimum Gasteiger partial charge on any atom is -0.481 e. The summed E-state index contributed by atoms with van der Waals surface area (Å²) in [6, 6.07) is 30.5. The molecule has 1 aliphatic heterocycles. The van der Waals surface area contributed by atoms with E-state index in [4.69, 9.17) is 14.6 Å². The first-order valence-corrected chi connectivity index (χ1v) is 16.9. The molecule has 0 unspecified atom stereocenters. The second kappa shape index (κ2) is 17.1. The number of amides is 1. The van der Waals surface area contributed by atoms with E-state index in [1.165, 1.54) is 11.8 Å². The molecular weight excluding hydrogens is 630 g/mol. The Morgan fingerprint density at radius 3 is 2.23 bits per heavy atom. The summed E-state index contributed by atoms with van der Waals surface area (Å²) in [4.78, 5) is 35.3. The highest BCUT2D eigenvalue weighted by Crippen LogP contribution is 2.40. The summed E-state index contributed by atoms with van der Waals surface area (Å²) < 4.78 is 12.9. The largest absolute Gasteiger partial charge is 0.481 e. The van der Waals surface area contributed by atoms with Crippen molar-refractivity contribution in [3.8, 4) is 11.1 Å². The van der Waals surface area contributed by atoms with Crippen molar-refractivity contribution in [3.63, 3.8) is 0 Å². The van der Waals surface area contributed by atoms with Crippen LogP contribution in [0.5, 0.6) is 0 Å². The lowest BCUT2D eigenvalue weighted by Gasteiger charge is -2.36. The first kappa shape index (κ1) is 34.8. The van der Waals surface area contributed by atoms with Crippen LogP contribution in [0.15, 0.2) is 102 Å². The lowest BCUT2D eigenvalue weighted by molar-refractivity contribution is -0.245. The Kier molecular flexibility index (Phi) is 12.4. The van der Waals surface area contributed by atoms with Crippen LogP contribution in [0, 0.1) is 0 Å². The average molecular weight is 670 g/mol. The van der Waals surface area contributed by atoms with Crippen molar-refractivity contribution in [1.29, 1.82) is 0 Å². The van der Waals surface area contributed by atoms with Crippen molar-refractivity contribution >= 4 is 29.6 Å². The molecule has 0 aromatic heterocycles. The summed E-state index contributed by atoms with van der Waals surface area (Å²) in [5.41, 5.74) is 5.84. The number of aromatic carboxylic acids is 1. The molecule has 1 saturated heterocycles. The van der Waals surface area contributed by atoms with E-state index in [2.05, 4.69) is 5.32 Å². The fourth-order valence-electron chi connectivity index (χ4n) is 5.52. The van der Waals surface area contributed by atoms with Gasteiger partial charge in [0.2, 0.25) is 5.91 Å². The van der Waals surface area contributed by atoms with Crippen molar-refractivity contribution in [1.82, 2.24) is 5.32 Å². The molecule has 0 saturated carbocycles. The molecule has 4 aromatic rings. The Bertz CT molecular complexity index is 1690. The van der Waals surface area contributed by atoms with Gasteiger partial charge in [-0.1, -0.05) is 78.9 Å². The number of unbranched alkanes of at least 4 members (excludes halogenated alkanes) is 1. The molecule has 0 spiro atoms. The van der Waals surface area contributed by atoms with Gasteiger partial charge in [-0.15, -0.1) is 11.8 Å². The van der Waals surface area contributed by atoms with Crippen molar-refractivity contribution < 1.29 is 39.2 Å². The number of hydrogen-bond acceptors (Lipinski definition) is 7. The molecule has 48 heavy (non-hydrogen) atoms. The molecule has 9 nitrogen and oxygen atoms in total. The molecule has 1 aliphatic rings. The Balaban J connectivity index is 1.26. The summed E-state index contributed by atoms with van der Waals surface area (Å²) in [5, 5.41) is 30.8. The fourth-order valence-corrected chi connectivity index (χ4v) is 6.58. The average Bonchev–Trinajstić information content (AvgIpc) is 3.11. The molecule has 1 amide bonds. The van der Waals surface area contributed by atoms with Crippen molar-refractivity contribution in [3.05, 3.63) is 125 Å². The van der Waals surface area contributed by atoms with Crippen molar-refractivity contribution in [2.45, 2.75) is 68.6 Å². The molecule has 0 aliphatic carbocycles. The molecule has 4 aromatic carbocycles. The molecule has 3 atom stereocenters. The number of carbonyl (C=O) groups excluding carboxylic acids is 1. The van der Waals surface area contributed by atoms with Crippen LogP contribution in [0.1, 0.15) is 77.1 Å². The number of nitrogens with one attached hydrogen (secondary N) is 1. The van der Waals surface area contributed by atoms with Crippen molar-refractivity contribution in [2.75, 3.05) is 5.75 Å². The van der Waals surface area contributed by atoms with Crippen LogP contribution in [0.25, 0.3) is 11.1 Å². The summed E-state index contributed by atoms with van der Waals surface area (Å²) in [6.45, 7) is 0.338. The predicted molar refractivity (Wildman–Crippen MR) is 182 cm³/mol. The maximum absolute atomic E-state index is 12.2. The molecule has 0 radical (unpaired) electrons. The number of carboxylic acid groups (broad SMARTS) is 2. The minimum atomic E-state index is -0.967. The second-order valence-corrected chi connectivity index (χ2v) is 12.7. The number of carbonyl (C=O) groups is 3. The first-order valence-electron chi connectivity index (χ1n) is 15.9. The Hall–Kier alpha value is -4.48. The number of thioether (sulfide) groups is 1. The molecule has 4 N–H and O–H groups in total. The van der Waals surface area contributed by atoms with E-state index < -0.39 is 18.2 Å². The number of aliphatic hydroxyl groups is 1. The summed E-state index contributed by atoms with van der Waals surface area (Å²) in [6.07, 6.45) is 0.828. The number of benzene rings is 4. The molecular formula is C38H39NO8S. The maximum Gasteiger partial charge on any atom is 0.336 e. The zero-order valence-corrected chi connectivity index (χ0v) is 27.2. The third-order valence-electron chi connectivity index (χ3n) is 8.13. The number of aliphatic carboxylic acids is 1. The molecule has 10 heteroatoms. The minimum absolute atomic E-state index is 0.0418. The Morgan fingerprint density at radius 2 is 1.50 bits per heavy atom. The second-order valence-electron chi connectivity index (χ2n) is 11.7. The van der Waals surface area contributed by atoms with E-state index in [0.29, 0.717) is 42.9 Å². The number of rotatable bonds is 15. The molecule has 250 valence electrons. The van der Waals surface area contributed by atoms with Crippen LogP contribution in [-0.4, -0.2) is 45.0 Å². The normalized spacial score (nSPS) is 17.5. The SMILES string of the molecule is O=C(O)CCCCC(=O)NCc1cccc(-c2ccc([C@@H]3O[C@H](CSc4ccccc4C(=O)O)C[C@H](c4ccc(CO)cc4)O3)cc2)c1.